The molecule has 86 valence electrons. The van der Waals surface area contributed by atoms with E-state index in [1.807, 2.05) is 11.9 Å². The minimum atomic E-state index is 0.515. The summed E-state index contributed by atoms with van der Waals surface area (Å²) < 4.78 is 5.44. The summed E-state index contributed by atoms with van der Waals surface area (Å²) in [6.45, 7) is 3.14. The number of hydrogen-bond donors (Lipinski definition) is 0. The Morgan fingerprint density at radius 3 is 2.80 bits per heavy atom. The Hall–Kier alpha value is -0.770. The van der Waals surface area contributed by atoms with E-state index in [-0.39, 0.29) is 0 Å². The lowest BCUT2D eigenvalue weighted by Crippen LogP contribution is -2.18. The number of rotatable bonds is 7. The van der Waals surface area contributed by atoms with E-state index in [9.17, 15) is 0 Å². The second kappa shape index (κ2) is 6.67. The van der Waals surface area contributed by atoms with Gasteiger partial charge in [0, 0.05) is 25.9 Å². The Balaban J connectivity index is 2.39. The number of aromatic nitrogens is 2. The van der Waals surface area contributed by atoms with E-state index >= 15 is 0 Å². The van der Waals surface area contributed by atoms with Gasteiger partial charge >= 0.3 is 6.01 Å². The number of unbranched alkanes of at least 4 members (excludes halogenated alkanes) is 2. The molecule has 0 N–H and O–H groups in total. The van der Waals surface area contributed by atoms with E-state index < -0.39 is 0 Å². The van der Waals surface area contributed by atoms with E-state index in [1.165, 1.54) is 12.8 Å². The van der Waals surface area contributed by atoms with Gasteiger partial charge in [-0.2, -0.15) is 0 Å². The van der Waals surface area contributed by atoms with Crippen LogP contribution in [0.25, 0.3) is 0 Å². The molecule has 0 aromatic carbocycles. The smallest absolute Gasteiger partial charge is 0.317 e. The molecule has 4 nitrogen and oxygen atoms in total. The van der Waals surface area contributed by atoms with Gasteiger partial charge in [0.15, 0.2) is 0 Å². The summed E-state index contributed by atoms with van der Waals surface area (Å²) in [5, 5.41) is 7.88. The van der Waals surface area contributed by atoms with Crippen molar-refractivity contribution < 1.29 is 4.42 Å². The topological polar surface area (TPSA) is 42.2 Å². The Bertz CT molecular complexity index is 277. The van der Waals surface area contributed by atoms with Gasteiger partial charge in [0.1, 0.15) is 0 Å². The van der Waals surface area contributed by atoms with Gasteiger partial charge in [0.25, 0.3) is 0 Å². The monoisotopic (exact) mass is 231 g/mol. The average molecular weight is 232 g/mol. The standard InChI is InChI=1S/C10H18ClN3O/c1-3-4-5-8-14(2)10-13-12-9(15-10)6-7-11/h3-8H2,1-2H3. The van der Waals surface area contributed by atoms with Crippen molar-refractivity contribution >= 4 is 17.6 Å². The van der Waals surface area contributed by atoms with E-state index in [4.69, 9.17) is 16.0 Å². The summed E-state index contributed by atoms with van der Waals surface area (Å²) in [5.41, 5.74) is 0. The van der Waals surface area contributed by atoms with Crippen molar-refractivity contribution in [1.82, 2.24) is 10.2 Å². The first-order valence-electron chi connectivity index (χ1n) is 5.37. The van der Waals surface area contributed by atoms with Gasteiger partial charge in [0.2, 0.25) is 5.89 Å². The summed E-state index contributed by atoms with van der Waals surface area (Å²) in [6.07, 6.45) is 4.24. The normalized spacial score (nSPS) is 10.6. The molecule has 0 radical (unpaired) electrons. The number of hydrogen-bond acceptors (Lipinski definition) is 4. The van der Waals surface area contributed by atoms with E-state index in [1.54, 1.807) is 0 Å². The van der Waals surface area contributed by atoms with Crippen LogP contribution in [0.15, 0.2) is 4.42 Å². The third-order valence-corrected chi connectivity index (χ3v) is 2.38. The van der Waals surface area contributed by atoms with Crippen molar-refractivity contribution in [2.24, 2.45) is 0 Å². The van der Waals surface area contributed by atoms with Gasteiger partial charge < -0.3 is 9.32 Å². The lowest BCUT2D eigenvalue weighted by Gasteiger charge is -2.12. The summed E-state index contributed by atoms with van der Waals surface area (Å²) >= 11 is 5.59. The first-order chi connectivity index (χ1) is 7.27. The number of alkyl halides is 1. The van der Waals surface area contributed by atoms with E-state index in [2.05, 4.69) is 17.1 Å². The Kier molecular flexibility index (Phi) is 5.47. The Morgan fingerprint density at radius 2 is 2.13 bits per heavy atom. The molecule has 1 heterocycles. The van der Waals surface area contributed by atoms with Crippen LogP contribution in [0.3, 0.4) is 0 Å². The quantitative estimate of drug-likeness (QED) is 0.534. The van der Waals surface area contributed by atoms with Crippen molar-refractivity contribution in [1.29, 1.82) is 0 Å². The largest absolute Gasteiger partial charge is 0.408 e. The van der Waals surface area contributed by atoms with Crippen LogP contribution < -0.4 is 4.90 Å². The maximum atomic E-state index is 5.59. The highest BCUT2D eigenvalue weighted by atomic mass is 35.5. The molecular weight excluding hydrogens is 214 g/mol. The highest BCUT2D eigenvalue weighted by molar-refractivity contribution is 6.17. The molecule has 0 spiro atoms. The highest BCUT2D eigenvalue weighted by Crippen LogP contribution is 2.12. The number of nitrogens with zero attached hydrogens (tertiary/aromatic N) is 3. The van der Waals surface area contributed by atoms with Crippen LogP contribution in [0.1, 0.15) is 32.1 Å². The lowest BCUT2D eigenvalue weighted by atomic mass is 10.2. The van der Waals surface area contributed by atoms with Crippen LogP contribution in [0.2, 0.25) is 0 Å². The van der Waals surface area contributed by atoms with Gasteiger partial charge in [-0.3, -0.25) is 0 Å². The number of anilines is 1. The molecule has 1 rings (SSSR count). The van der Waals surface area contributed by atoms with Gasteiger partial charge in [0.05, 0.1) is 0 Å². The first kappa shape index (κ1) is 12.3. The first-order valence-corrected chi connectivity index (χ1v) is 5.90. The third-order valence-electron chi connectivity index (χ3n) is 2.19. The van der Waals surface area contributed by atoms with Crippen molar-refractivity contribution in [3.8, 4) is 0 Å². The van der Waals surface area contributed by atoms with Crippen LogP contribution in [0, 0.1) is 0 Å². The Morgan fingerprint density at radius 1 is 1.33 bits per heavy atom. The Labute approximate surface area is 95.6 Å². The maximum absolute atomic E-state index is 5.59. The second-order valence-corrected chi connectivity index (χ2v) is 3.92. The van der Waals surface area contributed by atoms with Crippen molar-refractivity contribution in [3.63, 3.8) is 0 Å². The zero-order valence-electron chi connectivity index (χ0n) is 9.37. The SMILES string of the molecule is CCCCCN(C)c1nnc(CCCl)o1. The molecule has 0 saturated carbocycles. The molecule has 0 amide bonds. The fourth-order valence-electron chi connectivity index (χ4n) is 1.28. The predicted octanol–water partition coefficient (Wildman–Crippen LogP) is 2.48. The predicted molar refractivity (Wildman–Crippen MR) is 61.5 cm³/mol. The van der Waals surface area contributed by atoms with Crippen LogP contribution in [0.5, 0.6) is 0 Å². The molecule has 5 heteroatoms. The zero-order chi connectivity index (χ0) is 11.1. The fraction of sp³-hybridized carbons (Fsp3) is 0.800. The summed E-state index contributed by atoms with van der Waals surface area (Å²) in [7, 11) is 1.97. The van der Waals surface area contributed by atoms with Crippen molar-refractivity contribution in [3.05, 3.63) is 5.89 Å². The van der Waals surface area contributed by atoms with Crippen LogP contribution in [-0.2, 0) is 6.42 Å². The van der Waals surface area contributed by atoms with Gasteiger partial charge in [-0.1, -0.05) is 24.9 Å². The van der Waals surface area contributed by atoms with Gasteiger partial charge in [-0.15, -0.1) is 16.7 Å². The van der Waals surface area contributed by atoms with Crippen LogP contribution in [0.4, 0.5) is 6.01 Å². The molecular formula is C10H18ClN3O. The number of aryl methyl sites for hydroxylation is 1. The van der Waals surface area contributed by atoms with Gasteiger partial charge in [-0.25, -0.2) is 0 Å². The minimum Gasteiger partial charge on any atom is -0.408 e. The number of halogens is 1. The molecule has 0 aliphatic rings. The molecule has 1 aromatic rings. The summed E-state index contributed by atoms with van der Waals surface area (Å²) in [4.78, 5) is 1.99. The summed E-state index contributed by atoms with van der Waals surface area (Å²) in [5.74, 6) is 1.13. The summed E-state index contributed by atoms with van der Waals surface area (Å²) in [6, 6.07) is 0.589. The van der Waals surface area contributed by atoms with Crippen LogP contribution >= 0.6 is 11.6 Å². The average Bonchev–Trinajstić information content (AvgIpc) is 2.67. The second-order valence-electron chi connectivity index (χ2n) is 3.55. The fourth-order valence-corrected chi connectivity index (χ4v) is 1.44. The van der Waals surface area contributed by atoms with Gasteiger partial charge in [-0.05, 0) is 6.42 Å². The lowest BCUT2D eigenvalue weighted by molar-refractivity contribution is 0.493. The third kappa shape index (κ3) is 4.08. The molecule has 0 atom stereocenters. The molecule has 1 aromatic heterocycles. The zero-order valence-corrected chi connectivity index (χ0v) is 10.1. The van der Waals surface area contributed by atoms with Crippen LogP contribution in [-0.4, -0.2) is 29.7 Å². The minimum absolute atomic E-state index is 0.515. The van der Waals surface area contributed by atoms with Crippen molar-refractivity contribution in [2.75, 3.05) is 24.4 Å². The molecule has 0 unspecified atom stereocenters. The van der Waals surface area contributed by atoms with Crippen molar-refractivity contribution in [2.45, 2.75) is 32.6 Å². The van der Waals surface area contributed by atoms with E-state index in [0.29, 0.717) is 24.2 Å². The molecule has 0 fully saturated rings. The molecule has 15 heavy (non-hydrogen) atoms. The molecule has 0 saturated heterocycles. The van der Waals surface area contributed by atoms with E-state index in [0.717, 1.165) is 13.0 Å². The maximum Gasteiger partial charge on any atom is 0.317 e. The molecule has 0 aliphatic heterocycles. The highest BCUT2D eigenvalue weighted by Gasteiger charge is 2.09. The molecule has 0 bridgehead atoms. The molecule has 0 aliphatic carbocycles.